The summed E-state index contributed by atoms with van der Waals surface area (Å²) in [4.78, 5) is 28.7. The van der Waals surface area contributed by atoms with Crippen LogP contribution >= 0.6 is 0 Å². The molecule has 2 rings (SSSR count). The van der Waals surface area contributed by atoms with Gasteiger partial charge in [0, 0.05) is 12.6 Å². The highest BCUT2D eigenvalue weighted by Gasteiger charge is 2.23. The number of hydrogen-bond acceptors (Lipinski definition) is 6. The summed E-state index contributed by atoms with van der Waals surface area (Å²) in [5.41, 5.74) is -0.448. The Kier molecular flexibility index (Phi) is 4.14. The molecule has 2 aromatic rings. The predicted molar refractivity (Wildman–Crippen MR) is 83.0 cm³/mol. The van der Waals surface area contributed by atoms with E-state index in [-0.39, 0.29) is 28.7 Å². The zero-order valence-corrected chi connectivity index (χ0v) is 12.6. The fourth-order valence-electron chi connectivity index (χ4n) is 1.91. The maximum atomic E-state index is 11.7. The third-order valence-corrected chi connectivity index (χ3v) is 3.44. The van der Waals surface area contributed by atoms with Crippen molar-refractivity contribution in [2.24, 2.45) is 5.41 Å². The van der Waals surface area contributed by atoms with E-state index in [1.54, 1.807) is 0 Å². The van der Waals surface area contributed by atoms with Gasteiger partial charge in [-0.1, -0.05) is 20.8 Å². The number of aromatic amines is 1. The SMILES string of the molecule is CC(C)(C)C(O)CNc1cc2nc[nH]c(=O)c2cc1[N+](=O)[O-]. The first-order chi connectivity index (χ1) is 10.2. The Hall–Kier alpha value is -2.48. The van der Waals surface area contributed by atoms with Gasteiger partial charge in [0.05, 0.1) is 28.3 Å². The summed E-state index contributed by atoms with van der Waals surface area (Å²) >= 11 is 0. The zero-order chi connectivity index (χ0) is 16.5. The molecule has 0 saturated carbocycles. The highest BCUT2D eigenvalue weighted by molar-refractivity contribution is 5.86. The van der Waals surface area contributed by atoms with Gasteiger partial charge in [-0.15, -0.1) is 0 Å². The second-order valence-electron chi connectivity index (χ2n) is 6.14. The molecule has 1 atom stereocenters. The van der Waals surface area contributed by atoms with Gasteiger partial charge in [0.2, 0.25) is 0 Å². The number of benzene rings is 1. The van der Waals surface area contributed by atoms with Crippen LogP contribution in [0, 0.1) is 15.5 Å². The molecule has 1 aromatic carbocycles. The summed E-state index contributed by atoms with van der Waals surface area (Å²) in [7, 11) is 0. The van der Waals surface area contributed by atoms with E-state index in [9.17, 15) is 20.0 Å². The lowest BCUT2D eigenvalue weighted by atomic mass is 9.89. The number of aliphatic hydroxyl groups excluding tert-OH is 1. The average molecular weight is 306 g/mol. The smallest absolute Gasteiger partial charge is 0.293 e. The molecular formula is C14H18N4O4. The van der Waals surface area contributed by atoms with Gasteiger partial charge in [0.1, 0.15) is 5.69 Å². The Balaban J connectivity index is 2.42. The molecule has 3 N–H and O–H groups in total. The van der Waals surface area contributed by atoms with E-state index < -0.39 is 16.6 Å². The number of nitrogens with zero attached hydrogens (tertiary/aromatic N) is 2. The third-order valence-electron chi connectivity index (χ3n) is 3.44. The molecule has 8 heteroatoms. The van der Waals surface area contributed by atoms with Gasteiger partial charge in [-0.3, -0.25) is 14.9 Å². The quantitative estimate of drug-likeness (QED) is 0.583. The molecule has 0 saturated heterocycles. The standard InChI is InChI=1S/C14H18N4O4/c1-14(2,3)12(19)6-15-10-5-9-8(4-11(10)18(21)22)13(20)17-7-16-9/h4-5,7,12,15,19H,6H2,1-3H3,(H,16,17,20). The molecule has 8 nitrogen and oxygen atoms in total. The predicted octanol–water partition coefficient (Wildman–Crippen LogP) is 1.65. The molecule has 0 fully saturated rings. The molecule has 1 unspecified atom stereocenters. The van der Waals surface area contributed by atoms with Crippen LogP contribution in [0.2, 0.25) is 0 Å². The van der Waals surface area contributed by atoms with Crippen molar-refractivity contribution in [1.82, 2.24) is 9.97 Å². The minimum absolute atomic E-state index is 0.149. The van der Waals surface area contributed by atoms with Crippen LogP contribution in [0.1, 0.15) is 20.8 Å². The van der Waals surface area contributed by atoms with Crippen LogP contribution < -0.4 is 10.9 Å². The molecule has 22 heavy (non-hydrogen) atoms. The summed E-state index contributed by atoms with van der Waals surface area (Å²) in [6.07, 6.45) is 0.555. The van der Waals surface area contributed by atoms with Crippen LogP contribution in [0.25, 0.3) is 10.9 Å². The number of aliphatic hydroxyl groups is 1. The van der Waals surface area contributed by atoms with Gasteiger partial charge in [-0.25, -0.2) is 4.98 Å². The van der Waals surface area contributed by atoms with Gasteiger partial charge >= 0.3 is 0 Å². The van der Waals surface area contributed by atoms with Crippen molar-refractivity contribution in [3.05, 3.63) is 38.9 Å². The Labute approximate surface area is 126 Å². The van der Waals surface area contributed by atoms with E-state index >= 15 is 0 Å². The molecule has 0 bridgehead atoms. The lowest BCUT2D eigenvalue weighted by molar-refractivity contribution is -0.383. The number of nitro groups is 1. The fraction of sp³-hybridized carbons (Fsp3) is 0.429. The number of rotatable bonds is 4. The van der Waals surface area contributed by atoms with Crippen molar-refractivity contribution < 1.29 is 10.0 Å². The van der Waals surface area contributed by atoms with Crippen molar-refractivity contribution in [3.63, 3.8) is 0 Å². The summed E-state index contributed by atoms with van der Waals surface area (Å²) in [5.74, 6) is 0. The summed E-state index contributed by atoms with van der Waals surface area (Å²) < 4.78 is 0. The maximum absolute atomic E-state index is 11.7. The zero-order valence-electron chi connectivity index (χ0n) is 12.6. The first-order valence-electron chi connectivity index (χ1n) is 6.78. The van der Waals surface area contributed by atoms with Gasteiger partial charge in [0.15, 0.2) is 0 Å². The number of anilines is 1. The largest absolute Gasteiger partial charge is 0.391 e. The van der Waals surface area contributed by atoms with E-state index in [0.717, 1.165) is 0 Å². The van der Waals surface area contributed by atoms with Crippen molar-refractivity contribution in [1.29, 1.82) is 0 Å². The molecule has 118 valence electrons. The Morgan fingerprint density at radius 1 is 1.45 bits per heavy atom. The second-order valence-corrected chi connectivity index (χ2v) is 6.14. The van der Waals surface area contributed by atoms with E-state index in [4.69, 9.17) is 0 Å². The van der Waals surface area contributed by atoms with Crippen LogP contribution in [0.15, 0.2) is 23.3 Å². The van der Waals surface area contributed by atoms with Crippen LogP contribution in [-0.2, 0) is 0 Å². The molecule has 0 radical (unpaired) electrons. The fourth-order valence-corrected chi connectivity index (χ4v) is 1.91. The van der Waals surface area contributed by atoms with E-state index in [1.165, 1.54) is 18.5 Å². The van der Waals surface area contributed by atoms with Crippen LogP contribution in [-0.4, -0.2) is 32.6 Å². The highest BCUT2D eigenvalue weighted by atomic mass is 16.6. The Bertz CT molecular complexity index is 764. The Morgan fingerprint density at radius 2 is 2.14 bits per heavy atom. The minimum atomic E-state index is -0.685. The first kappa shape index (κ1) is 15.9. The highest BCUT2D eigenvalue weighted by Crippen LogP contribution is 2.28. The molecule has 0 aliphatic carbocycles. The monoisotopic (exact) mass is 306 g/mol. The summed E-state index contributed by atoms with van der Waals surface area (Å²) in [6, 6.07) is 2.63. The number of hydrogen-bond donors (Lipinski definition) is 3. The van der Waals surface area contributed by atoms with Crippen molar-refractivity contribution in [3.8, 4) is 0 Å². The molecule has 0 amide bonds. The van der Waals surface area contributed by atoms with E-state index in [0.29, 0.717) is 5.52 Å². The minimum Gasteiger partial charge on any atom is -0.391 e. The number of aromatic nitrogens is 2. The summed E-state index contributed by atoms with van der Waals surface area (Å²) in [6.45, 7) is 5.76. The van der Waals surface area contributed by atoms with Crippen molar-refractivity contribution in [2.45, 2.75) is 26.9 Å². The van der Waals surface area contributed by atoms with Crippen LogP contribution in [0.5, 0.6) is 0 Å². The molecule has 1 heterocycles. The van der Waals surface area contributed by atoms with Gasteiger partial charge in [-0.05, 0) is 11.5 Å². The van der Waals surface area contributed by atoms with Gasteiger partial charge < -0.3 is 15.4 Å². The first-order valence-corrected chi connectivity index (χ1v) is 6.78. The third kappa shape index (κ3) is 3.22. The molecule has 0 spiro atoms. The Morgan fingerprint density at radius 3 is 2.73 bits per heavy atom. The number of nitrogens with one attached hydrogen (secondary N) is 2. The molecule has 1 aromatic heterocycles. The van der Waals surface area contributed by atoms with E-state index in [1.807, 2.05) is 20.8 Å². The lowest BCUT2D eigenvalue weighted by Crippen LogP contribution is -2.33. The molecule has 0 aliphatic heterocycles. The molecular weight excluding hydrogens is 288 g/mol. The van der Waals surface area contributed by atoms with E-state index in [2.05, 4.69) is 15.3 Å². The van der Waals surface area contributed by atoms with Crippen molar-refractivity contribution in [2.75, 3.05) is 11.9 Å². The van der Waals surface area contributed by atoms with Gasteiger partial charge in [0.25, 0.3) is 11.2 Å². The summed E-state index contributed by atoms with van der Waals surface area (Å²) in [5, 5.41) is 24.2. The molecule has 0 aliphatic rings. The normalized spacial score (nSPS) is 13.1. The average Bonchev–Trinajstić information content (AvgIpc) is 2.43. The van der Waals surface area contributed by atoms with Gasteiger partial charge in [-0.2, -0.15) is 0 Å². The van der Waals surface area contributed by atoms with Crippen molar-refractivity contribution >= 4 is 22.3 Å². The lowest BCUT2D eigenvalue weighted by Gasteiger charge is -2.26. The number of nitro benzene ring substituents is 1. The second kappa shape index (κ2) is 5.72. The maximum Gasteiger partial charge on any atom is 0.293 e. The number of fused-ring (bicyclic) bond motifs is 1. The topological polar surface area (TPSA) is 121 Å². The van der Waals surface area contributed by atoms with Crippen LogP contribution in [0.3, 0.4) is 0 Å². The number of H-pyrrole nitrogens is 1. The van der Waals surface area contributed by atoms with Crippen LogP contribution in [0.4, 0.5) is 11.4 Å².